The van der Waals surface area contributed by atoms with E-state index >= 15 is 0 Å². The van der Waals surface area contributed by atoms with Crippen molar-refractivity contribution in [3.63, 3.8) is 0 Å². The summed E-state index contributed by atoms with van der Waals surface area (Å²) in [4.78, 5) is 4.32. The van der Waals surface area contributed by atoms with Gasteiger partial charge in [0.1, 0.15) is 5.75 Å². The van der Waals surface area contributed by atoms with Gasteiger partial charge in [-0.05, 0) is 44.0 Å². The highest BCUT2D eigenvalue weighted by Crippen LogP contribution is 2.33. The molecule has 0 saturated heterocycles. The molecule has 0 saturated carbocycles. The van der Waals surface area contributed by atoms with Gasteiger partial charge < -0.3 is 9.26 Å². The van der Waals surface area contributed by atoms with Gasteiger partial charge in [-0.1, -0.05) is 32.0 Å². The molecule has 6 heteroatoms. The van der Waals surface area contributed by atoms with Gasteiger partial charge in [-0.3, -0.25) is 0 Å². The van der Waals surface area contributed by atoms with Crippen LogP contribution in [0.15, 0.2) is 31.7 Å². The molecular formula is C13H14Br2N2O2. The number of rotatable bonds is 3. The number of halogens is 2. The van der Waals surface area contributed by atoms with Crippen molar-refractivity contribution < 1.29 is 9.26 Å². The van der Waals surface area contributed by atoms with Crippen molar-refractivity contribution in [2.75, 3.05) is 0 Å². The number of benzene rings is 1. The molecule has 0 aliphatic heterocycles. The maximum atomic E-state index is 5.69. The van der Waals surface area contributed by atoms with Crippen molar-refractivity contribution in [3.8, 4) is 5.75 Å². The maximum Gasteiger partial charge on any atom is 0.264 e. The number of ether oxygens (including phenoxy) is 1. The van der Waals surface area contributed by atoms with E-state index in [1.54, 1.807) is 0 Å². The highest BCUT2D eigenvalue weighted by molar-refractivity contribution is 9.11. The predicted octanol–water partition coefficient (Wildman–Crippen LogP) is 4.47. The zero-order chi connectivity index (χ0) is 14.0. The number of nitrogens with zero attached hydrogens (tertiary/aromatic N) is 2. The monoisotopic (exact) mass is 388 g/mol. The second kappa shape index (κ2) is 5.63. The van der Waals surface area contributed by atoms with Crippen molar-refractivity contribution in [2.45, 2.75) is 32.8 Å². The van der Waals surface area contributed by atoms with Gasteiger partial charge in [-0.25, -0.2) is 0 Å². The summed E-state index contributed by atoms with van der Waals surface area (Å²) in [5.74, 6) is 1.86. The van der Waals surface area contributed by atoms with E-state index < -0.39 is 0 Å². The molecular weight excluding hydrogens is 376 g/mol. The largest absolute Gasteiger partial charge is 0.481 e. The topological polar surface area (TPSA) is 48.2 Å². The van der Waals surface area contributed by atoms with E-state index in [0.29, 0.717) is 11.7 Å². The smallest absolute Gasteiger partial charge is 0.264 e. The third-order valence-electron chi connectivity index (χ3n) is 2.40. The average Bonchev–Trinajstić information content (AvgIpc) is 2.77. The Bertz CT molecular complexity index is 556. The lowest BCUT2D eigenvalue weighted by molar-refractivity contribution is 0.239. The summed E-state index contributed by atoms with van der Waals surface area (Å²) in [5.41, 5.74) is -0.129. The Morgan fingerprint density at radius 1 is 1.21 bits per heavy atom. The first-order chi connectivity index (χ1) is 8.88. The summed E-state index contributed by atoms with van der Waals surface area (Å²) in [6, 6.07) is 5.74. The Morgan fingerprint density at radius 3 is 2.37 bits per heavy atom. The summed E-state index contributed by atoms with van der Waals surface area (Å²) >= 11 is 6.87. The first-order valence-corrected chi connectivity index (χ1v) is 7.36. The zero-order valence-electron chi connectivity index (χ0n) is 10.9. The van der Waals surface area contributed by atoms with E-state index in [-0.39, 0.29) is 12.0 Å². The fraction of sp³-hybridized carbons (Fsp3) is 0.385. The molecule has 102 valence electrons. The molecule has 2 rings (SSSR count). The predicted molar refractivity (Wildman–Crippen MR) is 79.2 cm³/mol. The number of hydrogen-bond acceptors (Lipinski definition) is 4. The van der Waals surface area contributed by atoms with E-state index in [4.69, 9.17) is 9.26 Å². The van der Waals surface area contributed by atoms with Crippen LogP contribution in [0.4, 0.5) is 0 Å². The van der Waals surface area contributed by atoms with Crippen LogP contribution in [0.5, 0.6) is 5.75 Å². The molecule has 1 aromatic carbocycles. The molecule has 19 heavy (non-hydrogen) atoms. The van der Waals surface area contributed by atoms with Crippen molar-refractivity contribution in [2.24, 2.45) is 0 Å². The van der Waals surface area contributed by atoms with Gasteiger partial charge in [0.15, 0.2) is 12.4 Å². The minimum Gasteiger partial charge on any atom is -0.481 e. The lowest BCUT2D eigenvalue weighted by Crippen LogP contribution is -2.13. The van der Waals surface area contributed by atoms with Crippen molar-refractivity contribution in [3.05, 3.63) is 38.9 Å². The van der Waals surface area contributed by atoms with Crippen molar-refractivity contribution >= 4 is 31.9 Å². The van der Waals surface area contributed by atoms with Crippen LogP contribution in [0.1, 0.15) is 32.5 Å². The number of aromatic nitrogens is 2. The quantitative estimate of drug-likeness (QED) is 0.776. The fourth-order valence-corrected chi connectivity index (χ4v) is 2.60. The van der Waals surface area contributed by atoms with E-state index in [0.717, 1.165) is 14.7 Å². The van der Waals surface area contributed by atoms with Gasteiger partial charge in [0.2, 0.25) is 0 Å². The maximum absolute atomic E-state index is 5.69. The molecule has 0 radical (unpaired) electrons. The van der Waals surface area contributed by atoms with Gasteiger partial charge in [-0.2, -0.15) is 4.98 Å². The minimum atomic E-state index is -0.129. The van der Waals surface area contributed by atoms with Gasteiger partial charge in [0, 0.05) is 5.41 Å². The standard InChI is InChI=1S/C13H14Br2N2O2/c1-13(2,3)12-16-10(19-17-12)7-18-11-8(14)5-4-6-9(11)15/h4-6H,7H2,1-3H3. The summed E-state index contributed by atoms with van der Waals surface area (Å²) in [5, 5.41) is 3.96. The summed E-state index contributed by atoms with van der Waals surface area (Å²) in [7, 11) is 0. The Balaban J connectivity index is 2.09. The number of para-hydroxylation sites is 1. The van der Waals surface area contributed by atoms with Crippen LogP contribution >= 0.6 is 31.9 Å². The molecule has 0 aliphatic rings. The molecule has 2 aromatic rings. The fourth-order valence-electron chi connectivity index (χ4n) is 1.37. The Morgan fingerprint density at radius 2 is 1.84 bits per heavy atom. The molecule has 0 spiro atoms. The van der Waals surface area contributed by atoms with E-state index in [1.807, 2.05) is 39.0 Å². The van der Waals surface area contributed by atoms with Gasteiger partial charge in [0.25, 0.3) is 5.89 Å². The molecule has 0 aliphatic carbocycles. The molecule has 0 bridgehead atoms. The Hall–Kier alpha value is -0.880. The molecule has 1 aromatic heterocycles. The molecule has 0 N–H and O–H groups in total. The van der Waals surface area contributed by atoms with Crippen molar-refractivity contribution in [1.82, 2.24) is 10.1 Å². The van der Waals surface area contributed by atoms with Crippen LogP contribution in [-0.4, -0.2) is 10.1 Å². The molecule has 0 atom stereocenters. The minimum absolute atomic E-state index is 0.129. The van der Waals surface area contributed by atoms with E-state index in [2.05, 4.69) is 42.0 Å². The highest BCUT2D eigenvalue weighted by Gasteiger charge is 2.21. The first kappa shape index (κ1) is 14.5. The third-order valence-corrected chi connectivity index (χ3v) is 3.65. The van der Waals surface area contributed by atoms with Gasteiger partial charge in [-0.15, -0.1) is 0 Å². The SMILES string of the molecule is CC(C)(C)c1noc(COc2c(Br)cccc2Br)n1. The van der Waals surface area contributed by atoms with Crippen LogP contribution in [0.25, 0.3) is 0 Å². The van der Waals surface area contributed by atoms with Gasteiger partial charge in [0.05, 0.1) is 8.95 Å². The lowest BCUT2D eigenvalue weighted by atomic mass is 9.96. The summed E-state index contributed by atoms with van der Waals surface area (Å²) in [6.45, 7) is 6.34. The highest BCUT2D eigenvalue weighted by atomic mass is 79.9. The Kier molecular flexibility index (Phi) is 4.30. The third kappa shape index (κ3) is 3.57. The number of hydrogen-bond donors (Lipinski definition) is 0. The molecule has 0 unspecified atom stereocenters. The summed E-state index contributed by atoms with van der Waals surface area (Å²) < 4.78 is 12.6. The second-order valence-corrected chi connectivity index (χ2v) is 6.81. The second-order valence-electron chi connectivity index (χ2n) is 5.10. The van der Waals surface area contributed by atoms with E-state index in [9.17, 15) is 0 Å². The average molecular weight is 390 g/mol. The van der Waals surface area contributed by atoms with E-state index in [1.165, 1.54) is 0 Å². The summed E-state index contributed by atoms with van der Waals surface area (Å²) in [6.07, 6.45) is 0. The van der Waals surface area contributed by atoms with Crippen LogP contribution in [-0.2, 0) is 12.0 Å². The molecule has 0 amide bonds. The first-order valence-electron chi connectivity index (χ1n) is 5.78. The Labute approximate surface area is 128 Å². The molecule has 0 fully saturated rings. The van der Waals surface area contributed by atoms with Gasteiger partial charge >= 0.3 is 0 Å². The lowest BCUT2D eigenvalue weighted by Gasteiger charge is -2.11. The van der Waals surface area contributed by atoms with Crippen molar-refractivity contribution in [1.29, 1.82) is 0 Å². The van der Waals surface area contributed by atoms with Crippen LogP contribution in [0, 0.1) is 0 Å². The molecule has 4 nitrogen and oxygen atoms in total. The molecule has 1 heterocycles. The normalized spacial score (nSPS) is 11.6. The van der Waals surface area contributed by atoms with Crippen LogP contribution < -0.4 is 4.74 Å². The zero-order valence-corrected chi connectivity index (χ0v) is 14.1. The van der Waals surface area contributed by atoms with Crippen LogP contribution in [0.2, 0.25) is 0 Å². The van der Waals surface area contributed by atoms with Crippen LogP contribution in [0.3, 0.4) is 0 Å².